The average Bonchev–Trinajstić information content (AvgIpc) is 3.79. The molecule has 2 atom stereocenters. The Morgan fingerprint density at radius 2 is 1.73 bits per heavy atom. The van der Waals surface area contributed by atoms with Crippen LogP contribution in [0.5, 0.6) is 0 Å². The summed E-state index contributed by atoms with van der Waals surface area (Å²) in [5.74, 6) is -2.17. The Hall–Kier alpha value is -4.47. The minimum atomic E-state index is -1.15. The number of fused-ring (bicyclic) bond motifs is 4. The van der Waals surface area contributed by atoms with E-state index in [2.05, 4.69) is 36.1 Å². The Balaban J connectivity index is 1.45. The molecule has 15 heteroatoms. The summed E-state index contributed by atoms with van der Waals surface area (Å²) in [6.07, 6.45) is 2.38. The molecule has 4 aromatic rings. The smallest absolute Gasteiger partial charge is 0.354 e. The van der Waals surface area contributed by atoms with Gasteiger partial charge in [0.2, 0.25) is 5.91 Å². The number of carbonyl (C=O) groups is 4. The van der Waals surface area contributed by atoms with Crippen LogP contribution < -0.4 is 16.0 Å². The van der Waals surface area contributed by atoms with Gasteiger partial charge in [0, 0.05) is 36.0 Å². The van der Waals surface area contributed by atoms with Crippen LogP contribution in [-0.2, 0) is 17.8 Å². The maximum absolute atomic E-state index is 13.5. The number of carboxylic acid groups (broad SMARTS) is 1. The van der Waals surface area contributed by atoms with Crippen molar-refractivity contribution >= 4 is 46.4 Å². The lowest BCUT2D eigenvalue weighted by Crippen LogP contribution is -2.40. The SMILES string of the molecule is CC(C)[C@@H]1NC(=O)c2csc(n2)[C@H](Cc2ccccc2)NC(=O)CN(Cc2cn[nH]c2C(=O)O)CCCNC(=O)c2csc1n2. The number of nitrogens with zero attached hydrogens (tertiary/aromatic N) is 4. The topological polar surface area (TPSA) is 182 Å². The van der Waals surface area contributed by atoms with Crippen molar-refractivity contribution in [1.29, 1.82) is 0 Å². The third-order valence-corrected chi connectivity index (χ3v) is 9.16. The van der Waals surface area contributed by atoms with Crippen LogP contribution >= 0.6 is 22.7 Å². The van der Waals surface area contributed by atoms with Crippen molar-refractivity contribution in [2.45, 2.75) is 45.3 Å². The summed E-state index contributed by atoms with van der Waals surface area (Å²) in [7, 11) is 0. The van der Waals surface area contributed by atoms with Gasteiger partial charge in [0.25, 0.3) is 11.8 Å². The van der Waals surface area contributed by atoms with Crippen LogP contribution in [0.2, 0.25) is 0 Å². The first kappa shape index (κ1) is 31.9. The lowest BCUT2D eigenvalue weighted by atomic mass is 10.0. The van der Waals surface area contributed by atoms with E-state index in [4.69, 9.17) is 0 Å². The minimum Gasteiger partial charge on any atom is -0.477 e. The van der Waals surface area contributed by atoms with E-state index in [1.54, 1.807) is 15.7 Å². The standard InChI is InChI=1S/C30H34N8O5S2/c1-17(2)24-29-35-21(15-45-29)26(40)31-9-6-10-38(13-19-12-32-37-25(19)30(42)43)14-23(39)33-20(11-18-7-4-3-5-8-18)28-34-22(16-44-28)27(41)36-24/h3-5,7-8,12,15-17,20,24H,6,9-11,13-14H2,1-2H3,(H,31,40)(H,32,37)(H,33,39)(H,36,41)(H,42,43)/t20-,24-/m0/s1. The molecule has 5 N–H and O–H groups in total. The molecule has 0 unspecified atom stereocenters. The minimum absolute atomic E-state index is 0.00352. The number of carbonyl (C=O) groups excluding carboxylic acids is 3. The van der Waals surface area contributed by atoms with Crippen molar-refractivity contribution in [3.05, 3.63) is 85.5 Å². The van der Waals surface area contributed by atoms with E-state index >= 15 is 0 Å². The van der Waals surface area contributed by atoms with Crippen LogP contribution in [0.15, 0.2) is 47.3 Å². The number of aromatic amines is 1. The van der Waals surface area contributed by atoms with Gasteiger partial charge in [0.15, 0.2) is 0 Å². The molecule has 0 fully saturated rings. The summed E-state index contributed by atoms with van der Waals surface area (Å²) >= 11 is 2.60. The maximum Gasteiger partial charge on any atom is 0.354 e. The lowest BCUT2D eigenvalue weighted by Gasteiger charge is -2.24. The zero-order chi connectivity index (χ0) is 31.9. The lowest BCUT2D eigenvalue weighted by molar-refractivity contribution is -0.123. The van der Waals surface area contributed by atoms with Gasteiger partial charge in [0.05, 0.1) is 24.8 Å². The quantitative estimate of drug-likeness (QED) is 0.209. The molecule has 0 saturated carbocycles. The van der Waals surface area contributed by atoms with Gasteiger partial charge in [-0.05, 0) is 24.3 Å². The number of carboxylic acids is 1. The van der Waals surface area contributed by atoms with Crippen LogP contribution in [0.3, 0.4) is 0 Å². The molecule has 4 bridgehead atoms. The predicted molar refractivity (Wildman–Crippen MR) is 168 cm³/mol. The predicted octanol–water partition coefficient (Wildman–Crippen LogP) is 3.18. The number of aromatic nitrogens is 4. The van der Waals surface area contributed by atoms with Gasteiger partial charge < -0.3 is 21.1 Å². The largest absolute Gasteiger partial charge is 0.477 e. The molecule has 236 valence electrons. The van der Waals surface area contributed by atoms with E-state index in [0.717, 1.165) is 5.56 Å². The summed E-state index contributed by atoms with van der Waals surface area (Å²) < 4.78 is 0. The number of hydrogen-bond donors (Lipinski definition) is 5. The molecule has 3 amide bonds. The average molecular weight is 651 g/mol. The fourth-order valence-electron chi connectivity index (χ4n) is 4.97. The highest BCUT2D eigenvalue weighted by atomic mass is 32.1. The molecular weight excluding hydrogens is 617 g/mol. The zero-order valence-corrected chi connectivity index (χ0v) is 26.4. The summed E-state index contributed by atoms with van der Waals surface area (Å²) in [5.41, 5.74) is 1.85. The van der Waals surface area contributed by atoms with Crippen LogP contribution in [0.1, 0.15) is 85.0 Å². The number of aromatic carboxylic acids is 1. The molecule has 4 heterocycles. The number of benzene rings is 1. The van der Waals surface area contributed by atoms with E-state index in [0.29, 0.717) is 41.5 Å². The Morgan fingerprint density at radius 3 is 2.47 bits per heavy atom. The van der Waals surface area contributed by atoms with Crippen LogP contribution in [0.25, 0.3) is 0 Å². The molecule has 13 nitrogen and oxygen atoms in total. The number of H-pyrrole nitrogens is 1. The summed E-state index contributed by atoms with van der Waals surface area (Å²) in [6.45, 7) is 4.73. The molecule has 3 aromatic heterocycles. The Labute approximate surface area is 267 Å². The van der Waals surface area contributed by atoms with Gasteiger partial charge in [-0.1, -0.05) is 44.2 Å². The highest BCUT2D eigenvalue weighted by Crippen LogP contribution is 2.27. The van der Waals surface area contributed by atoms with Gasteiger partial charge in [-0.3, -0.25) is 24.4 Å². The van der Waals surface area contributed by atoms with Gasteiger partial charge >= 0.3 is 5.97 Å². The van der Waals surface area contributed by atoms with Gasteiger partial charge in [-0.2, -0.15) is 5.10 Å². The van der Waals surface area contributed by atoms with Crippen molar-refractivity contribution in [2.24, 2.45) is 5.92 Å². The van der Waals surface area contributed by atoms with E-state index in [1.165, 1.54) is 28.9 Å². The second-order valence-corrected chi connectivity index (χ2v) is 12.8. The van der Waals surface area contributed by atoms with E-state index in [1.807, 2.05) is 44.2 Å². The van der Waals surface area contributed by atoms with E-state index < -0.39 is 18.1 Å². The Bertz CT molecular complexity index is 1650. The summed E-state index contributed by atoms with van der Waals surface area (Å²) in [6, 6.07) is 8.74. The normalized spacial score (nSPS) is 18.8. The van der Waals surface area contributed by atoms with Crippen molar-refractivity contribution in [3.63, 3.8) is 0 Å². The van der Waals surface area contributed by atoms with Crippen molar-refractivity contribution in [1.82, 2.24) is 41.0 Å². The fraction of sp³-hybridized carbons (Fsp3) is 0.367. The molecule has 1 aromatic carbocycles. The summed E-state index contributed by atoms with van der Waals surface area (Å²) in [4.78, 5) is 62.4. The monoisotopic (exact) mass is 650 g/mol. The first-order chi connectivity index (χ1) is 21.7. The first-order valence-corrected chi connectivity index (χ1v) is 16.2. The van der Waals surface area contributed by atoms with Crippen molar-refractivity contribution in [3.8, 4) is 0 Å². The first-order valence-electron chi connectivity index (χ1n) is 14.5. The highest BCUT2D eigenvalue weighted by Gasteiger charge is 2.27. The number of thiazole rings is 2. The molecule has 45 heavy (non-hydrogen) atoms. The van der Waals surface area contributed by atoms with Gasteiger partial charge in [0.1, 0.15) is 27.1 Å². The second-order valence-electron chi connectivity index (χ2n) is 11.0. The molecule has 0 saturated heterocycles. The summed E-state index contributed by atoms with van der Waals surface area (Å²) in [5, 5.41) is 29.4. The maximum atomic E-state index is 13.5. The van der Waals surface area contributed by atoms with Gasteiger partial charge in [-0.25, -0.2) is 14.8 Å². The molecule has 0 radical (unpaired) electrons. The highest BCUT2D eigenvalue weighted by molar-refractivity contribution is 7.10. The molecular formula is C30H34N8O5S2. The molecule has 1 aliphatic heterocycles. The van der Waals surface area contributed by atoms with E-state index in [9.17, 15) is 24.3 Å². The van der Waals surface area contributed by atoms with Crippen molar-refractivity contribution < 1.29 is 24.3 Å². The second kappa shape index (κ2) is 14.5. The Morgan fingerprint density at radius 1 is 1.02 bits per heavy atom. The number of amides is 3. The third-order valence-electron chi connectivity index (χ3n) is 7.27. The van der Waals surface area contributed by atoms with Crippen LogP contribution in [0, 0.1) is 5.92 Å². The zero-order valence-electron chi connectivity index (χ0n) is 24.8. The molecule has 0 spiro atoms. The van der Waals surface area contributed by atoms with Crippen molar-refractivity contribution in [2.75, 3.05) is 19.6 Å². The number of nitrogens with one attached hydrogen (secondary N) is 4. The fourth-order valence-corrected chi connectivity index (χ4v) is 6.85. The molecule has 0 aliphatic carbocycles. The van der Waals surface area contributed by atoms with Crippen LogP contribution in [-0.4, -0.2) is 73.5 Å². The molecule has 1 aliphatic rings. The Kier molecular flexibility index (Phi) is 10.3. The number of rotatable bonds is 6. The molecule has 5 rings (SSSR count). The number of hydrogen-bond acceptors (Lipinski definition) is 10. The van der Waals surface area contributed by atoms with Gasteiger partial charge in [-0.15, -0.1) is 22.7 Å². The van der Waals surface area contributed by atoms with Crippen LogP contribution in [0.4, 0.5) is 0 Å². The third kappa shape index (κ3) is 8.17. The van der Waals surface area contributed by atoms with E-state index in [-0.39, 0.29) is 53.8 Å².